The third kappa shape index (κ3) is 1.94. The van der Waals surface area contributed by atoms with Crippen LogP contribution in [-0.2, 0) is 6.42 Å². The van der Waals surface area contributed by atoms with Crippen LogP contribution in [0.25, 0.3) is 0 Å². The van der Waals surface area contributed by atoms with Gasteiger partial charge in [-0.2, -0.15) is 0 Å². The first-order valence-electron chi connectivity index (χ1n) is 8.35. The zero-order valence-corrected chi connectivity index (χ0v) is 12.8. The van der Waals surface area contributed by atoms with Gasteiger partial charge in [-0.1, -0.05) is 13.0 Å². The van der Waals surface area contributed by atoms with Crippen molar-refractivity contribution >= 4 is 0 Å². The molecule has 2 N–H and O–H groups in total. The number of fused-ring (bicyclic) bond motifs is 5. The van der Waals surface area contributed by atoms with Crippen LogP contribution in [0.2, 0.25) is 0 Å². The van der Waals surface area contributed by atoms with Crippen molar-refractivity contribution < 1.29 is 10.2 Å². The van der Waals surface area contributed by atoms with Crippen LogP contribution in [0.4, 0.5) is 0 Å². The third-order valence-electron chi connectivity index (χ3n) is 6.36. The summed E-state index contributed by atoms with van der Waals surface area (Å²) in [6, 6.07) is 6.88. The molecule has 1 aromatic carbocycles. The zero-order chi connectivity index (χ0) is 14.6. The van der Waals surface area contributed by atoms with Crippen LogP contribution in [0.15, 0.2) is 18.2 Å². The van der Waals surface area contributed by atoms with Gasteiger partial charge in [0.15, 0.2) is 0 Å². The van der Waals surface area contributed by atoms with Crippen molar-refractivity contribution in [1.29, 1.82) is 0 Å². The summed E-state index contributed by atoms with van der Waals surface area (Å²) >= 11 is 0. The summed E-state index contributed by atoms with van der Waals surface area (Å²) in [5.41, 5.74) is 2.79. The normalized spacial score (nSPS) is 39.2. The first-order chi connectivity index (χ1) is 10.1. The second kappa shape index (κ2) is 4.72. The molecule has 3 heteroatoms. The summed E-state index contributed by atoms with van der Waals surface area (Å²) in [5.74, 6) is 0.385. The van der Waals surface area contributed by atoms with Gasteiger partial charge < -0.3 is 10.2 Å². The summed E-state index contributed by atoms with van der Waals surface area (Å²) in [6.07, 6.45) is 6.45. The molecular formula is C18H25NO2. The minimum Gasteiger partial charge on any atom is -0.508 e. The molecule has 1 saturated carbocycles. The number of aliphatic hydroxyl groups excluding tert-OH is 1. The van der Waals surface area contributed by atoms with Crippen LogP contribution in [0.3, 0.4) is 0 Å². The molecule has 3 aliphatic rings. The smallest absolute Gasteiger partial charge is 0.115 e. The van der Waals surface area contributed by atoms with E-state index in [1.807, 2.05) is 12.1 Å². The molecule has 2 fully saturated rings. The van der Waals surface area contributed by atoms with E-state index in [1.54, 1.807) is 0 Å². The molecule has 0 aromatic heterocycles. The van der Waals surface area contributed by atoms with E-state index in [0.29, 0.717) is 17.8 Å². The molecule has 21 heavy (non-hydrogen) atoms. The number of phenolic OH excluding ortho intramolecular Hbond substituents is 1. The minimum absolute atomic E-state index is 0.0726. The highest BCUT2D eigenvalue weighted by atomic mass is 16.3. The van der Waals surface area contributed by atoms with E-state index in [1.165, 1.54) is 17.5 Å². The molecule has 0 unspecified atom stereocenters. The Morgan fingerprint density at radius 1 is 1.24 bits per heavy atom. The van der Waals surface area contributed by atoms with Crippen molar-refractivity contribution in [3.63, 3.8) is 0 Å². The second-order valence-corrected chi connectivity index (χ2v) is 7.39. The minimum atomic E-state index is -0.140. The highest BCUT2D eigenvalue weighted by molar-refractivity contribution is 5.39. The van der Waals surface area contributed by atoms with Gasteiger partial charge in [-0.15, -0.1) is 0 Å². The number of hydrogen-bond donors (Lipinski definition) is 2. The molecule has 0 bridgehead atoms. The van der Waals surface area contributed by atoms with Crippen LogP contribution in [0.1, 0.15) is 56.2 Å². The lowest BCUT2D eigenvalue weighted by Gasteiger charge is -2.57. The Morgan fingerprint density at radius 2 is 2.10 bits per heavy atom. The molecule has 1 aromatic rings. The van der Waals surface area contributed by atoms with Gasteiger partial charge in [-0.25, -0.2) is 0 Å². The predicted octanol–water partition coefficient (Wildman–Crippen LogP) is 3.00. The highest BCUT2D eigenvalue weighted by Crippen LogP contribution is 2.52. The van der Waals surface area contributed by atoms with E-state index in [0.717, 1.165) is 38.6 Å². The molecule has 0 radical (unpaired) electrons. The fourth-order valence-electron chi connectivity index (χ4n) is 5.12. The van der Waals surface area contributed by atoms with Gasteiger partial charge in [0.05, 0.1) is 6.10 Å². The SMILES string of the molecule is C[C@]12CC[C@H]3c4ccc(O)cc4CCN3[C@H]1CCC[C@@H]2O. The highest BCUT2D eigenvalue weighted by Gasteiger charge is 2.51. The Kier molecular flexibility index (Phi) is 3.05. The molecule has 1 aliphatic carbocycles. The van der Waals surface area contributed by atoms with Crippen molar-refractivity contribution in [2.75, 3.05) is 6.54 Å². The standard InChI is InChI=1S/C18H25NO2/c1-18-9-7-15-14-6-5-13(20)11-12(14)8-10-19(15)16(18)3-2-4-17(18)21/h5-6,11,15-17,20-21H,2-4,7-10H2,1H3/t15-,16-,17-,18-/m0/s1. The first-order valence-corrected chi connectivity index (χ1v) is 8.35. The maximum Gasteiger partial charge on any atom is 0.115 e. The van der Waals surface area contributed by atoms with E-state index in [-0.39, 0.29) is 11.5 Å². The third-order valence-corrected chi connectivity index (χ3v) is 6.36. The summed E-state index contributed by atoms with van der Waals surface area (Å²) in [4.78, 5) is 2.66. The maximum absolute atomic E-state index is 10.5. The van der Waals surface area contributed by atoms with Crippen LogP contribution in [0, 0.1) is 5.41 Å². The Balaban J connectivity index is 1.70. The van der Waals surface area contributed by atoms with Crippen molar-refractivity contribution in [3.05, 3.63) is 29.3 Å². The Labute approximate surface area is 126 Å². The topological polar surface area (TPSA) is 43.7 Å². The fourth-order valence-corrected chi connectivity index (χ4v) is 5.12. The maximum atomic E-state index is 10.5. The average Bonchev–Trinajstić information content (AvgIpc) is 2.48. The molecule has 114 valence electrons. The number of aromatic hydroxyl groups is 1. The van der Waals surface area contributed by atoms with E-state index in [2.05, 4.69) is 17.9 Å². The number of phenols is 1. The predicted molar refractivity (Wildman–Crippen MR) is 82.2 cm³/mol. The zero-order valence-electron chi connectivity index (χ0n) is 12.8. The lowest BCUT2D eigenvalue weighted by atomic mass is 9.62. The Bertz CT molecular complexity index is 558. The monoisotopic (exact) mass is 287 g/mol. The lowest BCUT2D eigenvalue weighted by molar-refractivity contribution is -0.115. The van der Waals surface area contributed by atoms with Gasteiger partial charge in [0.1, 0.15) is 5.75 Å². The largest absolute Gasteiger partial charge is 0.508 e. The van der Waals surface area contributed by atoms with Crippen molar-refractivity contribution in [3.8, 4) is 5.75 Å². The van der Waals surface area contributed by atoms with E-state index in [4.69, 9.17) is 0 Å². The van der Waals surface area contributed by atoms with Gasteiger partial charge >= 0.3 is 0 Å². The molecule has 2 aliphatic heterocycles. The number of piperidine rings is 1. The van der Waals surface area contributed by atoms with Crippen LogP contribution < -0.4 is 0 Å². The number of rotatable bonds is 0. The molecule has 0 amide bonds. The Morgan fingerprint density at radius 3 is 2.95 bits per heavy atom. The molecule has 4 atom stereocenters. The second-order valence-electron chi connectivity index (χ2n) is 7.39. The van der Waals surface area contributed by atoms with Crippen LogP contribution in [0.5, 0.6) is 5.75 Å². The summed E-state index contributed by atoms with van der Waals surface area (Å²) in [6.45, 7) is 3.36. The summed E-state index contributed by atoms with van der Waals surface area (Å²) in [7, 11) is 0. The summed E-state index contributed by atoms with van der Waals surface area (Å²) < 4.78 is 0. The number of benzene rings is 1. The van der Waals surface area contributed by atoms with Gasteiger partial charge in [0.25, 0.3) is 0 Å². The van der Waals surface area contributed by atoms with Crippen LogP contribution >= 0.6 is 0 Å². The number of aliphatic hydroxyl groups is 1. The fraction of sp³-hybridized carbons (Fsp3) is 0.667. The quantitative estimate of drug-likeness (QED) is 0.771. The van der Waals surface area contributed by atoms with Gasteiger partial charge in [0.2, 0.25) is 0 Å². The van der Waals surface area contributed by atoms with E-state index in [9.17, 15) is 10.2 Å². The van der Waals surface area contributed by atoms with E-state index < -0.39 is 0 Å². The molecule has 2 heterocycles. The molecule has 3 nitrogen and oxygen atoms in total. The molecular weight excluding hydrogens is 262 g/mol. The van der Waals surface area contributed by atoms with Gasteiger partial charge in [-0.3, -0.25) is 4.90 Å². The van der Waals surface area contributed by atoms with Gasteiger partial charge in [-0.05, 0) is 61.8 Å². The number of hydrogen-bond acceptors (Lipinski definition) is 3. The van der Waals surface area contributed by atoms with Crippen LogP contribution in [-0.4, -0.2) is 33.8 Å². The molecule has 0 spiro atoms. The van der Waals surface area contributed by atoms with Crippen molar-refractivity contribution in [2.24, 2.45) is 5.41 Å². The van der Waals surface area contributed by atoms with E-state index >= 15 is 0 Å². The molecule has 4 rings (SSSR count). The van der Waals surface area contributed by atoms with Gasteiger partial charge in [0, 0.05) is 24.0 Å². The first kappa shape index (κ1) is 13.6. The van der Waals surface area contributed by atoms with Crippen molar-refractivity contribution in [1.82, 2.24) is 4.90 Å². The Hall–Kier alpha value is -1.06. The molecule has 1 saturated heterocycles. The lowest BCUT2D eigenvalue weighted by Crippen LogP contribution is -2.60. The average molecular weight is 287 g/mol. The summed E-state index contributed by atoms with van der Waals surface area (Å²) in [5, 5.41) is 20.2. The van der Waals surface area contributed by atoms with Crippen molar-refractivity contribution in [2.45, 2.75) is 63.6 Å². The number of nitrogens with zero attached hydrogens (tertiary/aromatic N) is 1.